The highest BCUT2D eigenvalue weighted by Crippen LogP contribution is 2.50. The molecule has 0 amide bonds. The molecule has 182 valence electrons. The molecule has 0 unspecified atom stereocenters. The highest BCUT2D eigenvalue weighted by atomic mass is 15.2. The normalized spacial score (nSPS) is 11.6. The van der Waals surface area contributed by atoms with Crippen molar-refractivity contribution in [3.63, 3.8) is 0 Å². The van der Waals surface area contributed by atoms with Gasteiger partial charge in [0.1, 0.15) is 5.82 Å². The third-order valence-electron chi connectivity index (χ3n) is 7.81. The molecule has 7 aromatic rings. The van der Waals surface area contributed by atoms with Gasteiger partial charge in [0.05, 0.1) is 0 Å². The number of anilines is 3. The van der Waals surface area contributed by atoms with E-state index in [1.165, 1.54) is 54.9 Å². The van der Waals surface area contributed by atoms with Crippen LogP contribution in [0.5, 0.6) is 0 Å². The topological polar surface area (TPSA) is 16.1 Å². The first kappa shape index (κ1) is 21.8. The second-order valence-electron chi connectivity index (χ2n) is 10.0. The minimum atomic E-state index is 0.892. The number of hydrogen-bond donors (Lipinski definition) is 0. The fraction of sp³-hybridized carbons (Fsp3) is 0. The summed E-state index contributed by atoms with van der Waals surface area (Å²) in [6, 6.07) is 50.0. The monoisotopic (exact) mass is 496 g/mol. The van der Waals surface area contributed by atoms with Gasteiger partial charge in [-0.1, -0.05) is 91.0 Å². The van der Waals surface area contributed by atoms with Crippen molar-refractivity contribution in [2.45, 2.75) is 0 Å². The first-order valence-electron chi connectivity index (χ1n) is 13.3. The molecular weight excluding hydrogens is 472 g/mol. The summed E-state index contributed by atoms with van der Waals surface area (Å²) < 4.78 is 0. The molecule has 0 N–H and O–H groups in total. The Labute approximate surface area is 227 Å². The molecule has 6 aromatic carbocycles. The molecule has 0 radical (unpaired) electrons. The van der Waals surface area contributed by atoms with E-state index in [4.69, 9.17) is 0 Å². The van der Waals surface area contributed by atoms with E-state index in [9.17, 15) is 0 Å². The average molecular weight is 497 g/mol. The van der Waals surface area contributed by atoms with E-state index in [0.29, 0.717) is 0 Å². The number of para-hydroxylation sites is 1. The molecule has 8 rings (SSSR count). The van der Waals surface area contributed by atoms with Crippen LogP contribution in [-0.2, 0) is 0 Å². The molecule has 0 aliphatic heterocycles. The molecule has 0 saturated heterocycles. The van der Waals surface area contributed by atoms with Gasteiger partial charge in [-0.15, -0.1) is 0 Å². The zero-order valence-corrected chi connectivity index (χ0v) is 21.3. The van der Waals surface area contributed by atoms with Crippen LogP contribution in [0.1, 0.15) is 0 Å². The lowest BCUT2D eigenvalue weighted by atomic mass is 9.94. The molecular formula is C37H24N2. The van der Waals surface area contributed by atoms with Crippen LogP contribution in [0.15, 0.2) is 146 Å². The van der Waals surface area contributed by atoms with E-state index >= 15 is 0 Å². The van der Waals surface area contributed by atoms with Crippen molar-refractivity contribution in [2.75, 3.05) is 4.90 Å². The highest BCUT2D eigenvalue weighted by molar-refractivity contribution is 6.20. The Bertz CT molecular complexity index is 1920. The summed E-state index contributed by atoms with van der Waals surface area (Å²) in [5.41, 5.74) is 9.88. The summed E-state index contributed by atoms with van der Waals surface area (Å²) in [7, 11) is 0. The van der Waals surface area contributed by atoms with E-state index in [2.05, 4.69) is 131 Å². The number of rotatable bonds is 4. The second kappa shape index (κ2) is 8.68. The lowest BCUT2D eigenvalue weighted by molar-refractivity contribution is 1.18. The Morgan fingerprint density at radius 2 is 1.10 bits per heavy atom. The van der Waals surface area contributed by atoms with Gasteiger partial charge in [-0.25, -0.2) is 4.98 Å². The standard InChI is InChI=1S/C37H24N2/c1-2-13-28(14-3-1)39(36-18-6-7-21-38-36)29-15-8-12-27(22-29)30-19-20-33-35-24-26-11-5-4-10-25(26)23-34(35)32-17-9-16-31(30)37(32)33/h1-24H. The van der Waals surface area contributed by atoms with Gasteiger partial charge >= 0.3 is 0 Å². The predicted octanol–water partition coefficient (Wildman–Crippen LogP) is 10.2. The molecule has 0 spiro atoms. The minimum absolute atomic E-state index is 0.892. The van der Waals surface area contributed by atoms with Crippen molar-refractivity contribution in [1.82, 2.24) is 4.98 Å². The first-order chi connectivity index (χ1) is 19.3. The Morgan fingerprint density at radius 1 is 0.436 bits per heavy atom. The molecule has 0 atom stereocenters. The van der Waals surface area contributed by atoms with Gasteiger partial charge in [0.25, 0.3) is 0 Å². The predicted molar refractivity (Wildman–Crippen MR) is 164 cm³/mol. The number of hydrogen-bond acceptors (Lipinski definition) is 2. The van der Waals surface area contributed by atoms with Gasteiger partial charge in [0.15, 0.2) is 0 Å². The lowest BCUT2D eigenvalue weighted by Crippen LogP contribution is -2.11. The summed E-state index contributed by atoms with van der Waals surface area (Å²) in [6.07, 6.45) is 1.85. The molecule has 2 heteroatoms. The Balaban J connectivity index is 1.31. The van der Waals surface area contributed by atoms with Gasteiger partial charge in [-0.3, -0.25) is 4.90 Å². The largest absolute Gasteiger partial charge is 0.295 e. The van der Waals surface area contributed by atoms with Crippen molar-refractivity contribution in [3.05, 3.63) is 146 Å². The van der Waals surface area contributed by atoms with E-state index in [0.717, 1.165) is 17.2 Å². The van der Waals surface area contributed by atoms with Crippen LogP contribution in [0.25, 0.3) is 54.9 Å². The zero-order chi connectivity index (χ0) is 25.8. The third kappa shape index (κ3) is 3.46. The molecule has 1 heterocycles. The maximum absolute atomic E-state index is 4.69. The number of nitrogens with zero attached hydrogens (tertiary/aromatic N) is 2. The average Bonchev–Trinajstić information content (AvgIpc) is 3.31. The smallest absolute Gasteiger partial charge is 0.137 e. The summed E-state index contributed by atoms with van der Waals surface area (Å²) in [5.74, 6) is 0.892. The fourth-order valence-electron chi connectivity index (χ4n) is 6.08. The van der Waals surface area contributed by atoms with Crippen molar-refractivity contribution in [2.24, 2.45) is 0 Å². The molecule has 1 aliphatic rings. The maximum Gasteiger partial charge on any atom is 0.137 e. The molecule has 0 saturated carbocycles. The van der Waals surface area contributed by atoms with Gasteiger partial charge in [-0.2, -0.15) is 0 Å². The first-order valence-corrected chi connectivity index (χ1v) is 13.3. The lowest BCUT2D eigenvalue weighted by Gasteiger charge is -2.24. The number of aromatic nitrogens is 1. The second-order valence-corrected chi connectivity index (χ2v) is 10.0. The van der Waals surface area contributed by atoms with Gasteiger partial charge in [-0.05, 0) is 103 Å². The molecule has 0 bridgehead atoms. The SMILES string of the molecule is c1ccc(N(c2cccc(-c3ccc4c5c(cccc35)-c3cc5ccccc5cc3-4)c2)c2ccccn2)cc1. The third-order valence-corrected chi connectivity index (χ3v) is 7.81. The number of pyridine rings is 1. The summed E-state index contributed by atoms with van der Waals surface area (Å²) in [6.45, 7) is 0. The van der Waals surface area contributed by atoms with Crippen LogP contribution in [0.4, 0.5) is 17.2 Å². The number of benzene rings is 6. The Hall–Kier alpha value is -5.21. The summed E-state index contributed by atoms with van der Waals surface area (Å²) in [4.78, 5) is 6.90. The van der Waals surface area contributed by atoms with Gasteiger partial charge in [0.2, 0.25) is 0 Å². The van der Waals surface area contributed by atoms with Crippen molar-refractivity contribution < 1.29 is 0 Å². The van der Waals surface area contributed by atoms with Gasteiger partial charge in [0, 0.05) is 17.6 Å². The quantitative estimate of drug-likeness (QED) is 0.241. The van der Waals surface area contributed by atoms with Crippen LogP contribution in [-0.4, -0.2) is 4.98 Å². The molecule has 0 fully saturated rings. The van der Waals surface area contributed by atoms with E-state index < -0.39 is 0 Å². The summed E-state index contributed by atoms with van der Waals surface area (Å²) in [5, 5.41) is 5.19. The van der Waals surface area contributed by atoms with Crippen LogP contribution >= 0.6 is 0 Å². The molecule has 39 heavy (non-hydrogen) atoms. The molecule has 1 aliphatic carbocycles. The van der Waals surface area contributed by atoms with E-state index in [1.807, 2.05) is 24.4 Å². The van der Waals surface area contributed by atoms with Crippen LogP contribution in [0.3, 0.4) is 0 Å². The van der Waals surface area contributed by atoms with Crippen molar-refractivity contribution in [3.8, 4) is 33.4 Å². The zero-order valence-electron chi connectivity index (χ0n) is 21.3. The highest BCUT2D eigenvalue weighted by Gasteiger charge is 2.23. The number of fused-ring (bicyclic) bond motifs is 4. The minimum Gasteiger partial charge on any atom is -0.295 e. The van der Waals surface area contributed by atoms with Crippen LogP contribution < -0.4 is 4.90 Å². The summed E-state index contributed by atoms with van der Waals surface area (Å²) >= 11 is 0. The van der Waals surface area contributed by atoms with Crippen molar-refractivity contribution >= 4 is 38.7 Å². The molecule has 1 aromatic heterocycles. The van der Waals surface area contributed by atoms with Crippen LogP contribution in [0, 0.1) is 0 Å². The van der Waals surface area contributed by atoms with E-state index in [1.54, 1.807) is 0 Å². The van der Waals surface area contributed by atoms with Crippen LogP contribution in [0.2, 0.25) is 0 Å². The molecule has 2 nitrogen and oxygen atoms in total. The fourth-order valence-corrected chi connectivity index (χ4v) is 6.08. The van der Waals surface area contributed by atoms with E-state index in [-0.39, 0.29) is 0 Å². The Morgan fingerprint density at radius 3 is 1.87 bits per heavy atom. The maximum atomic E-state index is 4.69. The van der Waals surface area contributed by atoms with Gasteiger partial charge < -0.3 is 0 Å². The van der Waals surface area contributed by atoms with Crippen molar-refractivity contribution in [1.29, 1.82) is 0 Å². The Kier molecular flexibility index (Phi) is 4.86.